The molecule has 25 heavy (non-hydrogen) atoms. The van der Waals surface area contributed by atoms with E-state index in [0.717, 1.165) is 24.9 Å². The second-order valence-electron chi connectivity index (χ2n) is 6.58. The van der Waals surface area contributed by atoms with Crippen molar-refractivity contribution in [2.24, 2.45) is 0 Å². The van der Waals surface area contributed by atoms with Crippen LogP contribution in [0.2, 0.25) is 5.02 Å². The van der Waals surface area contributed by atoms with Crippen LogP contribution in [0.1, 0.15) is 47.9 Å². The molecule has 0 aliphatic carbocycles. The summed E-state index contributed by atoms with van der Waals surface area (Å²) in [7, 11) is 0. The van der Waals surface area contributed by atoms with Crippen molar-refractivity contribution in [1.29, 1.82) is 0 Å². The lowest BCUT2D eigenvalue weighted by atomic mass is 10.0. The number of carbonyl (C=O) groups is 1. The zero-order valence-electron chi connectivity index (χ0n) is 14.7. The highest BCUT2D eigenvalue weighted by Gasteiger charge is 2.25. The fraction of sp³-hybridized carbons (Fsp3) is 0.400. The largest absolute Gasteiger partial charge is 0.486 e. The number of piperidine rings is 1. The first-order valence-corrected chi connectivity index (χ1v) is 9.08. The maximum Gasteiger partial charge on any atom is 0.272 e. The number of aromatic nitrogens is 1. The van der Waals surface area contributed by atoms with Gasteiger partial charge in [-0.1, -0.05) is 23.7 Å². The molecule has 1 unspecified atom stereocenters. The van der Waals surface area contributed by atoms with Gasteiger partial charge in [-0.2, -0.15) is 0 Å². The highest BCUT2D eigenvalue weighted by molar-refractivity contribution is 6.32. The minimum Gasteiger partial charge on any atom is -0.486 e. The van der Waals surface area contributed by atoms with Crippen LogP contribution in [0.4, 0.5) is 0 Å². The number of pyridine rings is 1. The van der Waals surface area contributed by atoms with E-state index < -0.39 is 0 Å². The molecular formula is C20H23ClN2O2. The zero-order chi connectivity index (χ0) is 17.8. The molecule has 1 aromatic heterocycles. The smallest absolute Gasteiger partial charge is 0.272 e. The molecule has 1 amide bonds. The summed E-state index contributed by atoms with van der Waals surface area (Å²) in [6.07, 6.45) is 3.30. The maximum absolute atomic E-state index is 12.7. The van der Waals surface area contributed by atoms with Crippen LogP contribution < -0.4 is 4.74 Å². The van der Waals surface area contributed by atoms with E-state index in [0.29, 0.717) is 22.2 Å². The number of halogens is 1. The van der Waals surface area contributed by atoms with Crippen LogP contribution in [0.25, 0.3) is 0 Å². The predicted octanol–water partition coefficient (Wildman–Crippen LogP) is 4.64. The number of amides is 1. The Balaban J connectivity index is 1.69. The number of aryl methyl sites for hydroxylation is 1. The molecule has 132 valence electrons. The third-order valence-electron chi connectivity index (χ3n) is 4.55. The zero-order valence-corrected chi connectivity index (χ0v) is 15.4. The van der Waals surface area contributed by atoms with Gasteiger partial charge >= 0.3 is 0 Å². The van der Waals surface area contributed by atoms with Gasteiger partial charge in [0.05, 0.1) is 10.7 Å². The fourth-order valence-electron chi connectivity index (χ4n) is 3.10. The van der Waals surface area contributed by atoms with E-state index in [9.17, 15) is 4.79 Å². The van der Waals surface area contributed by atoms with Crippen LogP contribution in [0.3, 0.4) is 0 Å². The van der Waals surface area contributed by atoms with Crippen LogP contribution in [0.5, 0.6) is 5.75 Å². The van der Waals surface area contributed by atoms with Crippen molar-refractivity contribution in [2.45, 2.75) is 45.8 Å². The lowest BCUT2D eigenvalue weighted by Gasteiger charge is -2.33. The summed E-state index contributed by atoms with van der Waals surface area (Å²) in [6, 6.07) is 11.4. The van der Waals surface area contributed by atoms with Crippen molar-refractivity contribution in [2.75, 3.05) is 6.54 Å². The summed E-state index contributed by atoms with van der Waals surface area (Å²) in [5, 5.41) is 0.578. The molecule has 0 bridgehead atoms. The number of nitrogens with zero attached hydrogens (tertiary/aromatic N) is 2. The molecule has 4 nitrogen and oxygen atoms in total. The molecule has 0 radical (unpaired) electrons. The van der Waals surface area contributed by atoms with Gasteiger partial charge in [-0.15, -0.1) is 0 Å². The second-order valence-corrected chi connectivity index (χ2v) is 6.99. The average Bonchev–Trinajstić information content (AvgIpc) is 2.61. The monoisotopic (exact) mass is 358 g/mol. The third-order valence-corrected chi connectivity index (χ3v) is 4.85. The summed E-state index contributed by atoms with van der Waals surface area (Å²) in [5.41, 5.74) is 2.27. The molecular weight excluding hydrogens is 336 g/mol. The molecule has 1 aliphatic heterocycles. The van der Waals surface area contributed by atoms with Crippen LogP contribution in [-0.2, 0) is 6.61 Å². The Bertz CT molecular complexity index is 763. The SMILES string of the molecule is Cc1ccc(OCc2cccc(C(=O)N3CCCCC3C)n2)c(Cl)c1. The minimum absolute atomic E-state index is 0.00224. The summed E-state index contributed by atoms with van der Waals surface area (Å²) in [4.78, 5) is 19.1. The first-order chi connectivity index (χ1) is 12.0. The van der Waals surface area contributed by atoms with Gasteiger partial charge in [0.15, 0.2) is 0 Å². The Kier molecular flexibility index (Phi) is 5.59. The Hall–Kier alpha value is -2.07. The molecule has 0 N–H and O–H groups in total. The van der Waals surface area contributed by atoms with Crippen LogP contribution >= 0.6 is 11.6 Å². The molecule has 1 aromatic carbocycles. The first-order valence-electron chi connectivity index (χ1n) is 8.70. The van der Waals surface area contributed by atoms with Crippen molar-refractivity contribution in [1.82, 2.24) is 9.88 Å². The van der Waals surface area contributed by atoms with E-state index in [-0.39, 0.29) is 18.6 Å². The van der Waals surface area contributed by atoms with E-state index in [1.807, 2.05) is 42.2 Å². The number of carbonyl (C=O) groups excluding carboxylic acids is 1. The van der Waals surface area contributed by atoms with E-state index >= 15 is 0 Å². The molecule has 2 heterocycles. The standard InChI is InChI=1S/C20H23ClN2O2/c1-14-9-10-19(17(21)12-14)25-13-16-7-5-8-18(22-16)20(24)23-11-4-3-6-15(23)2/h5,7-10,12,15H,3-4,6,11,13H2,1-2H3. The van der Waals surface area contributed by atoms with Gasteiger partial charge in [-0.25, -0.2) is 4.98 Å². The topological polar surface area (TPSA) is 42.4 Å². The highest BCUT2D eigenvalue weighted by Crippen LogP contribution is 2.26. The van der Waals surface area contributed by atoms with Crippen LogP contribution in [0, 0.1) is 6.92 Å². The number of ether oxygens (including phenoxy) is 1. The lowest BCUT2D eigenvalue weighted by Crippen LogP contribution is -2.42. The van der Waals surface area contributed by atoms with E-state index in [4.69, 9.17) is 16.3 Å². The molecule has 2 aromatic rings. The predicted molar refractivity (Wildman–Crippen MR) is 99.1 cm³/mol. The number of hydrogen-bond acceptors (Lipinski definition) is 3. The quantitative estimate of drug-likeness (QED) is 0.799. The first kappa shape index (κ1) is 17.7. The number of benzene rings is 1. The summed E-state index contributed by atoms with van der Waals surface area (Å²) in [6.45, 7) is 5.16. The summed E-state index contributed by atoms with van der Waals surface area (Å²) >= 11 is 6.19. The molecule has 5 heteroatoms. The molecule has 1 fully saturated rings. The van der Waals surface area contributed by atoms with E-state index in [1.165, 1.54) is 6.42 Å². The van der Waals surface area contributed by atoms with Gasteiger partial charge in [0.2, 0.25) is 0 Å². The van der Waals surface area contributed by atoms with Gasteiger partial charge in [0.25, 0.3) is 5.91 Å². The second kappa shape index (κ2) is 7.87. The summed E-state index contributed by atoms with van der Waals surface area (Å²) in [5.74, 6) is 0.623. The molecule has 3 rings (SSSR count). The van der Waals surface area contributed by atoms with Crippen LogP contribution in [0.15, 0.2) is 36.4 Å². The van der Waals surface area contributed by atoms with Crippen LogP contribution in [-0.4, -0.2) is 28.4 Å². The maximum atomic E-state index is 12.7. The Morgan fingerprint density at radius 3 is 2.92 bits per heavy atom. The van der Waals surface area contributed by atoms with Gasteiger partial charge in [0.1, 0.15) is 18.1 Å². The van der Waals surface area contributed by atoms with E-state index in [2.05, 4.69) is 11.9 Å². The van der Waals surface area contributed by atoms with Gasteiger partial charge < -0.3 is 9.64 Å². The molecule has 0 spiro atoms. The Morgan fingerprint density at radius 2 is 2.16 bits per heavy atom. The van der Waals surface area contributed by atoms with Crippen molar-refractivity contribution in [3.63, 3.8) is 0 Å². The molecule has 1 aliphatic rings. The number of rotatable bonds is 4. The molecule has 1 saturated heterocycles. The number of hydrogen-bond donors (Lipinski definition) is 0. The number of likely N-dealkylation sites (tertiary alicyclic amines) is 1. The Labute approximate surface area is 153 Å². The highest BCUT2D eigenvalue weighted by atomic mass is 35.5. The average molecular weight is 359 g/mol. The molecule has 0 saturated carbocycles. The molecule has 1 atom stereocenters. The van der Waals surface area contributed by atoms with Crippen molar-refractivity contribution in [3.8, 4) is 5.75 Å². The van der Waals surface area contributed by atoms with Gasteiger partial charge in [0, 0.05) is 12.6 Å². The normalized spacial score (nSPS) is 17.4. The van der Waals surface area contributed by atoms with Crippen molar-refractivity contribution < 1.29 is 9.53 Å². The lowest BCUT2D eigenvalue weighted by molar-refractivity contribution is 0.0629. The third kappa shape index (κ3) is 4.31. The van der Waals surface area contributed by atoms with Gasteiger partial charge in [-0.3, -0.25) is 4.79 Å². The van der Waals surface area contributed by atoms with Crippen molar-refractivity contribution >= 4 is 17.5 Å². The summed E-state index contributed by atoms with van der Waals surface area (Å²) < 4.78 is 5.76. The van der Waals surface area contributed by atoms with E-state index in [1.54, 1.807) is 6.07 Å². The fourth-order valence-corrected chi connectivity index (χ4v) is 3.39. The van der Waals surface area contributed by atoms with Crippen molar-refractivity contribution in [3.05, 3.63) is 58.4 Å². The Morgan fingerprint density at radius 1 is 1.32 bits per heavy atom. The minimum atomic E-state index is 0.00224. The van der Waals surface area contributed by atoms with Gasteiger partial charge in [-0.05, 0) is 62.9 Å².